The molecule has 0 aliphatic carbocycles. The van der Waals surface area contributed by atoms with Gasteiger partial charge >= 0.3 is 0 Å². The fraction of sp³-hybridized carbons (Fsp3) is 0.438. The van der Waals surface area contributed by atoms with Crippen LogP contribution in [0.25, 0.3) is 10.9 Å². The van der Waals surface area contributed by atoms with Crippen LogP contribution in [-0.2, 0) is 4.74 Å². The quantitative estimate of drug-likeness (QED) is 0.832. The third-order valence-electron chi connectivity index (χ3n) is 4.18. The average molecular weight is 290 g/mol. The number of halogens is 1. The maximum absolute atomic E-state index is 14.1. The second kappa shape index (κ2) is 5.58. The van der Waals surface area contributed by atoms with E-state index in [1.807, 2.05) is 6.92 Å². The van der Waals surface area contributed by atoms with Crippen molar-refractivity contribution in [2.45, 2.75) is 13.3 Å². The molecule has 1 aromatic heterocycles. The lowest BCUT2D eigenvalue weighted by Gasteiger charge is -2.26. The molecular formula is C16H19FN2O2. The van der Waals surface area contributed by atoms with Crippen molar-refractivity contribution in [3.63, 3.8) is 0 Å². The molecule has 1 aliphatic rings. The second-order valence-electron chi connectivity index (χ2n) is 5.57. The number of benzene rings is 1. The standard InChI is InChI=1S/C16H19FN2O2/c1-2-21-10-16(4-6-18-9-16)15(20)12-7-11-3-5-19-14(11)13(17)8-12/h3,5,7-8,18-19H,2,4,6,9-10H2,1H3. The van der Waals surface area contributed by atoms with E-state index in [4.69, 9.17) is 4.74 Å². The SMILES string of the molecule is CCOCC1(C(=O)c2cc(F)c3[nH]ccc3c2)CCNC1. The van der Waals surface area contributed by atoms with Gasteiger partial charge in [-0.2, -0.15) is 0 Å². The lowest BCUT2D eigenvalue weighted by molar-refractivity contribution is 0.0466. The molecule has 1 atom stereocenters. The molecule has 2 aromatic rings. The Morgan fingerprint density at radius 2 is 2.33 bits per heavy atom. The highest BCUT2D eigenvalue weighted by atomic mass is 19.1. The van der Waals surface area contributed by atoms with Crippen molar-refractivity contribution in [2.24, 2.45) is 5.41 Å². The molecule has 0 amide bonds. The van der Waals surface area contributed by atoms with E-state index >= 15 is 0 Å². The van der Waals surface area contributed by atoms with E-state index in [1.165, 1.54) is 6.07 Å². The van der Waals surface area contributed by atoms with Crippen LogP contribution in [0.15, 0.2) is 24.4 Å². The third-order valence-corrected chi connectivity index (χ3v) is 4.18. The Hall–Kier alpha value is -1.72. The van der Waals surface area contributed by atoms with Gasteiger partial charge in [0.25, 0.3) is 0 Å². The summed E-state index contributed by atoms with van der Waals surface area (Å²) >= 11 is 0. The average Bonchev–Trinajstić information content (AvgIpc) is 3.14. The van der Waals surface area contributed by atoms with Crippen LogP contribution in [0.2, 0.25) is 0 Å². The highest BCUT2D eigenvalue weighted by Crippen LogP contribution is 2.32. The zero-order chi connectivity index (χ0) is 14.9. The zero-order valence-electron chi connectivity index (χ0n) is 12.0. The number of H-pyrrole nitrogens is 1. The molecule has 1 saturated heterocycles. The van der Waals surface area contributed by atoms with Crippen LogP contribution < -0.4 is 5.32 Å². The third kappa shape index (κ3) is 2.47. The molecular weight excluding hydrogens is 271 g/mol. The molecule has 21 heavy (non-hydrogen) atoms. The Bertz CT molecular complexity index is 659. The first-order chi connectivity index (χ1) is 10.2. The van der Waals surface area contributed by atoms with E-state index in [1.54, 1.807) is 18.3 Å². The molecule has 112 valence electrons. The van der Waals surface area contributed by atoms with E-state index in [-0.39, 0.29) is 5.78 Å². The summed E-state index contributed by atoms with van der Waals surface area (Å²) in [6.45, 7) is 4.22. The van der Waals surface area contributed by atoms with Crippen molar-refractivity contribution in [3.8, 4) is 0 Å². The van der Waals surface area contributed by atoms with Crippen LogP contribution in [0.3, 0.4) is 0 Å². The predicted octanol–water partition coefficient (Wildman–Crippen LogP) is 2.51. The fourth-order valence-corrected chi connectivity index (χ4v) is 2.99. The molecule has 1 aromatic carbocycles. The number of carbonyl (C=O) groups excluding carboxylic acids is 1. The minimum absolute atomic E-state index is 0.0389. The molecule has 1 unspecified atom stereocenters. The summed E-state index contributed by atoms with van der Waals surface area (Å²) < 4.78 is 19.6. The normalized spacial score (nSPS) is 22.0. The molecule has 0 bridgehead atoms. The van der Waals surface area contributed by atoms with E-state index in [2.05, 4.69) is 10.3 Å². The zero-order valence-corrected chi connectivity index (χ0v) is 12.0. The smallest absolute Gasteiger partial charge is 0.172 e. The summed E-state index contributed by atoms with van der Waals surface area (Å²) in [6, 6.07) is 4.85. The number of hydrogen-bond donors (Lipinski definition) is 2. The van der Waals surface area contributed by atoms with E-state index in [0.29, 0.717) is 30.8 Å². The predicted molar refractivity (Wildman–Crippen MR) is 79.0 cm³/mol. The van der Waals surface area contributed by atoms with E-state index in [9.17, 15) is 9.18 Å². The first-order valence-electron chi connectivity index (χ1n) is 7.26. The first-order valence-corrected chi connectivity index (χ1v) is 7.26. The van der Waals surface area contributed by atoms with E-state index in [0.717, 1.165) is 18.4 Å². The Morgan fingerprint density at radius 3 is 3.05 bits per heavy atom. The highest BCUT2D eigenvalue weighted by Gasteiger charge is 2.42. The van der Waals surface area contributed by atoms with Gasteiger partial charge in [-0.3, -0.25) is 4.79 Å². The van der Waals surface area contributed by atoms with Crippen LogP contribution in [-0.4, -0.2) is 37.1 Å². The van der Waals surface area contributed by atoms with Gasteiger partial charge in [0.1, 0.15) is 5.82 Å². The largest absolute Gasteiger partial charge is 0.381 e. The highest BCUT2D eigenvalue weighted by molar-refractivity contribution is 6.03. The van der Waals surface area contributed by atoms with E-state index < -0.39 is 11.2 Å². The Labute approximate surface area is 122 Å². The van der Waals surface area contributed by atoms with Gasteiger partial charge in [0.2, 0.25) is 0 Å². The summed E-state index contributed by atoms with van der Waals surface area (Å²) in [7, 11) is 0. The van der Waals surface area contributed by atoms with Gasteiger partial charge in [-0.15, -0.1) is 0 Å². The van der Waals surface area contributed by atoms with Crippen LogP contribution >= 0.6 is 0 Å². The minimum Gasteiger partial charge on any atom is -0.381 e. The van der Waals surface area contributed by atoms with Gasteiger partial charge in [0, 0.05) is 30.3 Å². The van der Waals surface area contributed by atoms with Gasteiger partial charge in [-0.1, -0.05) is 0 Å². The van der Waals surface area contributed by atoms with Crippen molar-refractivity contribution >= 4 is 16.7 Å². The maximum atomic E-state index is 14.1. The summed E-state index contributed by atoms with van der Waals surface area (Å²) in [5.74, 6) is -0.429. The second-order valence-corrected chi connectivity index (χ2v) is 5.57. The summed E-state index contributed by atoms with van der Waals surface area (Å²) in [5.41, 5.74) is 0.282. The molecule has 2 N–H and O–H groups in total. The Kier molecular flexibility index (Phi) is 3.78. The number of aromatic nitrogens is 1. The number of nitrogens with one attached hydrogen (secondary N) is 2. The number of aromatic amines is 1. The molecule has 0 saturated carbocycles. The molecule has 2 heterocycles. The van der Waals surface area contributed by atoms with Crippen LogP contribution in [0.4, 0.5) is 4.39 Å². The Balaban J connectivity index is 1.97. The number of ketones is 1. The Morgan fingerprint density at radius 1 is 1.48 bits per heavy atom. The number of hydrogen-bond acceptors (Lipinski definition) is 3. The van der Waals surface area contributed by atoms with Crippen molar-refractivity contribution in [2.75, 3.05) is 26.3 Å². The number of ether oxygens (including phenoxy) is 1. The number of rotatable bonds is 5. The van der Waals surface area contributed by atoms with Crippen LogP contribution in [0.5, 0.6) is 0 Å². The minimum atomic E-state index is -0.577. The maximum Gasteiger partial charge on any atom is 0.172 e. The molecule has 4 nitrogen and oxygen atoms in total. The van der Waals surface area contributed by atoms with Gasteiger partial charge < -0.3 is 15.0 Å². The monoisotopic (exact) mass is 290 g/mol. The molecule has 1 fully saturated rings. The molecule has 0 radical (unpaired) electrons. The first kappa shape index (κ1) is 14.2. The molecule has 1 aliphatic heterocycles. The van der Waals surface area contributed by atoms with Crippen LogP contribution in [0.1, 0.15) is 23.7 Å². The molecule has 3 rings (SSSR count). The van der Waals surface area contributed by atoms with Gasteiger partial charge in [-0.25, -0.2) is 4.39 Å². The lowest BCUT2D eigenvalue weighted by atomic mass is 9.80. The topological polar surface area (TPSA) is 54.1 Å². The molecule has 5 heteroatoms. The number of carbonyl (C=O) groups is 1. The van der Waals surface area contributed by atoms with Gasteiger partial charge in [-0.05, 0) is 38.1 Å². The number of Topliss-reactive ketones (excluding diaryl/α,β-unsaturated/α-hetero) is 1. The van der Waals surface area contributed by atoms with Crippen molar-refractivity contribution in [1.29, 1.82) is 0 Å². The van der Waals surface area contributed by atoms with Crippen molar-refractivity contribution in [1.82, 2.24) is 10.3 Å². The van der Waals surface area contributed by atoms with Crippen molar-refractivity contribution in [3.05, 3.63) is 35.8 Å². The lowest BCUT2D eigenvalue weighted by Crippen LogP contribution is -2.38. The molecule has 0 spiro atoms. The summed E-state index contributed by atoms with van der Waals surface area (Å²) in [6.07, 6.45) is 2.40. The summed E-state index contributed by atoms with van der Waals surface area (Å²) in [5, 5.41) is 3.94. The van der Waals surface area contributed by atoms with Gasteiger partial charge in [0.15, 0.2) is 5.78 Å². The number of fused-ring (bicyclic) bond motifs is 1. The van der Waals surface area contributed by atoms with Gasteiger partial charge in [0.05, 0.1) is 17.5 Å². The summed E-state index contributed by atoms with van der Waals surface area (Å²) in [4.78, 5) is 15.7. The fourth-order valence-electron chi connectivity index (χ4n) is 2.99. The van der Waals surface area contributed by atoms with Crippen LogP contribution in [0, 0.1) is 11.2 Å². The van der Waals surface area contributed by atoms with Crippen molar-refractivity contribution < 1.29 is 13.9 Å².